The number of aliphatic hydroxyl groups is 1. The minimum Gasteiger partial charge on any atom is -0.392 e. The number of epoxide rings is 1. The van der Waals surface area contributed by atoms with Crippen LogP contribution in [0.4, 0.5) is 0 Å². The van der Waals surface area contributed by atoms with Crippen molar-refractivity contribution in [2.45, 2.75) is 5.06 Å². The Labute approximate surface area is 40.7 Å². The van der Waals surface area contributed by atoms with Gasteiger partial charge in [0.2, 0.25) is 0 Å². The molecule has 1 aliphatic heterocycles. The number of aliphatic hydroxyl groups excluding tert-OH is 1. The number of alkyl halides is 1. The van der Waals surface area contributed by atoms with Crippen molar-refractivity contribution >= 4 is 11.6 Å². The number of ether oxygens (including phenoxy) is 1. The Morgan fingerprint density at radius 1 is 2.00 bits per heavy atom. The van der Waals surface area contributed by atoms with Crippen LogP contribution in [0.25, 0.3) is 0 Å². The fraction of sp³-hybridized carbons (Fsp3) is 1.00. The molecule has 0 aliphatic carbocycles. The molecule has 2 nitrogen and oxygen atoms in total. The van der Waals surface area contributed by atoms with Gasteiger partial charge in [-0.3, -0.25) is 0 Å². The molecule has 1 heterocycles. The molecule has 0 saturated carbocycles. The van der Waals surface area contributed by atoms with Crippen LogP contribution in [0.15, 0.2) is 0 Å². The van der Waals surface area contributed by atoms with Crippen LogP contribution in [-0.4, -0.2) is 23.4 Å². The van der Waals surface area contributed by atoms with Crippen LogP contribution in [-0.2, 0) is 4.74 Å². The van der Waals surface area contributed by atoms with Crippen LogP contribution in [0.5, 0.6) is 0 Å². The van der Waals surface area contributed by atoms with Crippen molar-refractivity contribution in [1.82, 2.24) is 0 Å². The van der Waals surface area contributed by atoms with Crippen molar-refractivity contribution in [3.8, 4) is 0 Å². The average Bonchev–Trinajstić information content (AvgIpc) is 2.22. The molecule has 1 fully saturated rings. The Morgan fingerprint density at radius 2 is 2.50 bits per heavy atom. The molecule has 1 atom stereocenters. The summed E-state index contributed by atoms with van der Waals surface area (Å²) in [7, 11) is 0. The topological polar surface area (TPSA) is 32.8 Å². The average molecular weight is 109 g/mol. The van der Waals surface area contributed by atoms with E-state index >= 15 is 0 Å². The molecule has 0 bridgehead atoms. The van der Waals surface area contributed by atoms with Crippen molar-refractivity contribution in [2.75, 3.05) is 13.2 Å². The SMILES string of the molecule is OCC1(Cl)CO1. The highest BCUT2D eigenvalue weighted by Crippen LogP contribution is 2.30. The smallest absolute Gasteiger partial charge is 0.187 e. The number of hydrogen-bond acceptors (Lipinski definition) is 2. The van der Waals surface area contributed by atoms with Crippen molar-refractivity contribution in [2.24, 2.45) is 0 Å². The summed E-state index contributed by atoms with van der Waals surface area (Å²) >= 11 is 5.36. The van der Waals surface area contributed by atoms with Crippen molar-refractivity contribution in [3.63, 3.8) is 0 Å². The summed E-state index contributed by atoms with van der Waals surface area (Å²) in [6.45, 7) is 0.416. The van der Waals surface area contributed by atoms with Gasteiger partial charge < -0.3 is 9.84 Å². The van der Waals surface area contributed by atoms with E-state index in [9.17, 15) is 0 Å². The van der Waals surface area contributed by atoms with Gasteiger partial charge in [0.05, 0.1) is 13.2 Å². The van der Waals surface area contributed by atoms with Crippen molar-refractivity contribution < 1.29 is 9.84 Å². The molecule has 1 saturated heterocycles. The molecule has 0 spiro atoms. The normalized spacial score (nSPS) is 43.0. The molecule has 0 aromatic carbocycles. The van der Waals surface area contributed by atoms with Crippen LogP contribution in [0.2, 0.25) is 0 Å². The lowest BCUT2D eigenvalue weighted by molar-refractivity contribution is 0.223. The molecular weight excluding hydrogens is 103 g/mol. The van der Waals surface area contributed by atoms with Crippen LogP contribution in [0.1, 0.15) is 0 Å². The highest BCUT2D eigenvalue weighted by atomic mass is 35.5. The molecular formula is C3H5ClO2. The summed E-state index contributed by atoms with van der Waals surface area (Å²) in [4.78, 5) is 0. The monoisotopic (exact) mass is 108 g/mol. The minimum atomic E-state index is -0.681. The van der Waals surface area contributed by atoms with Gasteiger partial charge in [0.1, 0.15) is 0 Å². The molecule has 0 amide bonds. The van der Waals surface area contributed by atoms with Crippen LogP contribution < -0.4 is 0 Å². The Hall–Kier alpha value is 0.210. The summed E-state index contributed by atoms with van der Waals surface area (Å²) in [5.74, 6) is 0. The molecule has 6 heavy (non-hydrogen) atoms. The molecule has 0 radical (unpaired) electrons. The van der Waals surface area contributed by atoms with E-state index in [0.717, 1.165) is 0 Å². The molecule has 1 aliphatic rings. The summed E-state index contributed by atoms with van der Waals surface area (Å²) in [6.07, 6.45) is 0. The second-order valence-corrected chi connectivity index (χ2v) is 2.02. The third-order valence-electron chi connectivity index (χ3n) is 0.694. The largest absolute Gasteiger partial charge is 0.392 e. The number of hydrogen-bond donors (Lipinski definition) is 1. The Balaban J connectivity index is 2.28. The number of halogens is 1. The van der Waals surface area contributed by atoms with Gasteiger partial charge in [-0.1, -0.05) is 11.6 Å². The first-order valence-corrected chi connectivity index (χ1v) is 2.08. The van der Waals surface area contributed by atoms with Gasteiger partial charge in [-0.05, 0) is 0 Å². The molecule has 1 unspecified atom stereocenters. The first-order valence-electron chi connectivity index (χ1n) is 1.71. The highest BCUT2D eigenvalue weighted by molar-refractivity contribution is 6.24. The summed E-state index contributed by atoms with van der Waals surface area (Å²) < 4.78 is 4.56. The van der Waals surface area contributed by atoms with Gasteiger partial charge >= 0.3 is 0 Å². The molecule has 36 valence electrons. The van der Waals surface area contributed by atoms with Gasteiger partial charge in [0.15, 0.2) is 5.06 Å². The Bertz CT molecular complexity index is 59.8. The molecule has 1 N–H and O–H groups in total. The molecule has 3 heteroatoms. The second kappa shape index (κ2) is 1.09. The van der Waals surface area contributed by atoms with E-state index in [2.05, 4.69) is 4.74 Å². The third-order valence-corrected chi connectivity index (χ3v) is 1.03. The standard InChI is InChI=1S/C3H5ClO2/c4-3(1-5)2-6-3/h5H,1-2H2. The fourth-order valence-corrected chi connectivity index (χ4v) is 0.224. The third kappa shape index (κ3) is 0.644. The fourth-order valence-electron chi connectivity index (χ4n) is 0.170. The predicted octanol–water partition coefficient (Wildman–Crippen LogP) is -0.0560. The van der Waals surface area contributed by atoms with Crippen LogP contribution >= 0.6 is 11.6 Å². The van der Waals surface area contributed by atoms with E-state index in [1.807, 2.05) is 0 Å². The maximum Gasteiger partial charge on any atom is 0.187 e. The van der Waals surface area contributed by atoms with Gasteiger partial charge in [0.25, 0.3) is 0 Å². The lowest BCUT2D eigenvalue weighted by atomic mass is 10.5. The Kier molecular flexibility index (Phi) is 0.793. The maximum absolute atomic E-state index is 8.21. The minimum absolute atomic E-state index is 0.0748. The lowest BCUT2D eigenvalue weighted by Gasteiger charge is -1.88. The zero-order valence-electron chi connectivity index (χ0n) is 3.15. The predicted molar refractivity (Wildman–Crippen MR) is 21.6 cm³/mol. The highest BCUT2D eigenvalue weighted by Gasteiger charge is 2.41. The quantitative estimate of drug-likeness (QED) is 0.377. The van der Waals surface area contributed by atoms with Crippen LogP contribution in [0, 0.1) is 0 Å². The summed E-state index contributed by atoms with van der Waals surface area (Å²) in [6, 6.07) is 0. The van der Waals surface area contributed by atoms with Crippen LogP contribution in [0.3, 0.4) is 0 Å². The van der Waals surface area contributed by atoms with E-state index in [1.54, 1.807) is 0 Å². The summed E-state index contributed by atoms with van der Waals surface area (Å²) in [5, 5.41) is 7.53. The molecule has 0 aromatic heterocycles. The van der Waals surface area contributed by atoms with Crippen molar-refractivity contribution in [1.29, 1.82) is 0 Å². The van der Waals surface area contributed by atoms with E-state index in [1.165, 1.54) is 0 Å². The van der Waals surface area contributed by atoms with E-state index in [-0.39, 0.29) is 6.61 Å². The van der Waals surface area contributed by atoms with Gasteiger partial charge in [-0.25, -0.2) is 0 Å². The van der Waals surface area contributed by atoms with Gasteiger partial charge in [-0.15, -0.1) is 0 Å². The van der Waals surface area contributed by atoms with Crippen molar-refractivity contribution in [3.05, 3.63) is 0 Å². The molecule has 1 rings (SSSR count). The van der Waals surface area contributed by atoms with E-state index in [4.69, 9.17) is 16.7 Å². The van der Waals surface area contributed by atoms with Gasteiger partial charge in [-0.2, -0.15) is 0 Å². The zero-order valence-corrected chi connectivity index (χ0v) is 3.90. The number of rotatable bonds is 1. The lowest BCUT2D eigenvalue weighted by Crippen LogP contribution is -2.04. The maximum atomic E-state index is 8.21. The summed E-state index contributed by atoms with van der Waals surface area (Å²) in [5.41, 5.74) is 0. The van der Waals surface area contributed by atoms with E-state index < -0.39 is 5.06 Å². The molecule has 0 aromatic rings. The van der Waals surface area contributed by atoms with Gasteiger partial charge in [0, 0.05) is 0 Å². The van der Waals surface area contributed by atoms with E-state index in [0.29, 0.717) is 6.61 Å². The zero-order chi connectivity index (χ0) is 4.62. The second-order valence-electron chi connectivity index (χ2n) is 1.33. The first-order chi connectivity index (χ1) is 2.77. The first kappa shape index (κ1) is 4.37. The Morgan fingerprint density at radius 3 is 2.50 bits per heavy atom.